The van der Waals surface area contributed by atoms with E-state index in [-0.39, 0.29) is 24.0 Å². The zero-order chi connectivity index (χ0) is 20.0. The Bertz CT molecular complexity index is 915. The summed E-state index contributed by atoms with van der Waals surface area (Å²) in [5.41, 5.74) is 2.25. The van der Waals surface area contributed by atoms with Gasteiger partial charge in [-0.05, 0) is 37.5 Å². The summed E-state index contributed by atoms with van der Waals surface area (Å²) in [5, 5.41) is 4.71. The van der Waals surface area contributed by atoms with E-state index in [1.807, 2.05) is 20.2 Å². The molecule has 0 amide bonds. The molecule has 2 aromatic rings. The summed E-state index contributed by atoms with van der Waals surface area (Å²) in [6.07, 6.45) is 3.43. The van der Waals surface area contributed by atoms with Crippen molar-refractivity contribution < 1.29 is 4.74 Å². The third kappa shape index (κ3) is 3.86. The molecule has 4 heterocycles. The van der Waals surface area contributed by atoms with E-state index in [0.717, 1.165) is 36.9 Å². The Morgan fingerprint density at radius 1 is 1.20 bits per heavy atom. The number of guanidine groups is 1. The molecule has 30 heavy (non-hydrogen) atoms. The van der Waals surface area contributed by atoms with Gasteiger partial charge in [0.15, 0.2) is 5.96 Å². The van der Waals surface area contributed by atoms with Crippen LogP contribution >= 0.6 is 24.0 Å². The average Bonchev–Trinajstić information content (AvgIpc) is 3.44. The normalized spacial score (nSPS) is 27.3. The molecule has 3 fully saturated rings. The number of benzene rings is 1. The minimum atomic E-state index is 0. The lowest BCUT2D eigenvalue weighted by Crippen LogP contribution is -2.41. The Kier molecular flexibility index (Phi) is 6.39. The highest BCUT2D eigenvalue weighted by atomic mass is 127. The molecule has 4 unspecified atom stereocenters. The molecule has 4 atom stereocenters. The number of halogens is 1. The van der Waals surface area contributed by atoms with E-state index in [4.69, 9.17) is 14.7 Å². The maximum Gasteiger partial charge on any atom is 0.194 e. The van der Waals surface area contributed by atoms with Gasteiger partial charge in [0.1, 0.15) is 5.82 Å². The van der Waals surface area contributed by atoms with Crippen LogP contribution in [0, 0.1) is 11.8 Å². The molecule has 3 aliphatic rings. The number of para-hydroxylation sites is 1. The zero-order valence-corrected chi connectivity index (χ0v) is 20.4. The molecule has 0 aliphatic carbocycles. The van der Waals surface area contributed by atoms with Crippen LogP contribution in [-0.2, 0) is 11.3 Å². The predicted molar refractivity (Wildman–Crippen MR) is 133 cm³/mol. The van der Waals surface area contributed by atoms with Gasteiger partial charge < -0.3 is 19.9 Å². The molecule has 1 N–H and O–H groups in total. The van der Waals surface area contributed by atoms with Crippen LogP contribution in [0.5, 0.6) is 0 Å². The van der Waals surface area contributed by atoms with Crippen LogP contribution in [0.4, 0.5) is 5.82 Å². The van der Waals surface area contributed by atoms with Crippen molar-refractivity contribution in [2.45, 2.75) is 38.5 Å². The monoisotopic (exact) mass is 521 g/mol. The zero-order valence-electron chi connectivity index (χ0n) is 18.0. The number of hydrogen-bond donors (Lipinski definition) is 1. The van der Waals surface area contributed by atoms with Gasteiger partial charge in [-0.25, -0.2) is 9.98 Å². The van der Waals surface area contributed by atoms with Crippen LogP contribution in [0.1, 0.15) is 25.3 Å². The van der Waals surface area contributed by atoms with Crippen molar-refractivity contribution in [3.63, 3.8) is 0 Å². The summed E-state index contributed by atoms with van der Waals surface area (Å²) in [4.78, 5) is 14.4. The van der Waals surface area contributed by atoms with E-state index in [1.54, 1.807) is 0 Å². The second-order valence-corrected chi connectivity index (χ2v) is 8.74. The molecule has 162 valence electrons. The lowest BCUT2D eigenvalue weighted by atomic mass is 9.82. The van der Waals surface area contributed by atoms with Gasteiger partial charge in [-0.2, -0.15) is 0 Å². The van der Waals surface area contributed by atoms with Crippen molar-refractivity contribution >= 4 is 46.7 Å². The van der Waals surface area contributed by atoms with Gasteiger partial charge in [-0.3, -0.25) is 0 Å². The minimum Gasteiger partial charge on any atom is -0.374 e. The number of nitrogens with zero attached hydrogens (tertiary/aromatic N) is 4. The third-order valence-electron chi connectivity index (χ3n) is 6.73. The standard InChI is InChI=1S/C23H31N5O.HI/c1-4-24-23(28-13-17-18(14-28)21-10-9-20(17)29-21)25-12-15-11-22(27(2)3)26-19-8-6-5-7-16(15)19;/h5-8,11,17-18,20-21H,4,9-10,12-14H2,1-3H3,(H,24,25);1H. The number of anilines is 1. The van der Waals surface area contributed by atoms with Gasteiger partial charge in [-0.15, -0.1) is 24.0 Å². The number of aliphatic imine (C=N–C) groups is 1. The molecule has 0 spiro atoms. The molecule has 6 nitrogen and oxygen atoms in total. The Morgan fingerprint density at radius 3 is 2.57 bits per heavy atom. The number of fused-ring (bicyclic) bond motifs is 6. The van der Waals surface area contributed by atoms with Gasteiger partial charge in [0.05, 0.1) is 24.3 Å². The van der Waals surface area contributed by atoms with Crippen LogP contribution in [0.15, 0.2) is 35.3 Å². The van der Waals surface area contributed by atoms with Crippen LogP contribution in [0.3, 0.4) is 0 Å². The highest BCUT2D eigenvalue weighted by Crippen LogP contribution is 2.47. The number of pyridine rings is 1. The summed E-state index contributed by atoms with van der Waals surface area (Å²) >= 11 is 0. The highest BCUT2D eigenvalue weighted by Gasteiger charge is 2.53. The summed E-state index contributed by atoms with van der Waals surface area (Å²) in [7, 11) is 4.07. The summed E-state index contributed by atoms with van der Waals surface area (Å²) in [5.74, 6) is 3.37. The van der Waals surface area contributed by atoms with E-state index < -0.39 is 0 Å². The van der Waals surface area contributed by atoms with Crippen molar-refractivity contribution in [2.75, 3.05) is 38.6 Å². The molecular weight excluding hydrogens is 489 g/mol. The molecule has 0 radical (unpaired) electrons. The Morgan fingerprint density at radius 2 is 1.90 bits per heavy atom. The van der Waals surface area contributed by atoms with Gasteiger partial charge in [0, 0.05) is 51.0 Å². The van der Waals surface area contributed by atoms with E-state index in [1.165, 1.54) is 23.8 Å². The number of ether oxygens (including phenoxy) is 1. The molecule has 1 aromatic carbocycles. The summed E-state index contributed by atoms with van der Waals surface area (Å²) < 4.78 is 6.14. The maximum absolute atomic E-state index is 6.14. The molecule has 3 saturated heterocycles. The largest absolute Gasteiger partial charge is 0.374 e. The number of aromatic nitrogens is 1. The number of rotatable bonds is 4. The third-order valence-corrected chi connectivity index (χ3v) is 6.73. The van der Waals surface area contributed by atoms with Crippen molar-refractivity contribution in [2.24, 2.45) is 16.8 Å². The fourth-order valence-electron chi connectivity index (χ4n) is 5.31. The first kappa shape index (κ1) is 21.6. The summed E-state index contributed by atoms with van der Waals surface area (Å²) in [6.45, 7) is 5.82. The van der Waals surface area contributed by atoms with E-state index in [2.05, 4.69) is 46.3 Å². The Balaban J connectivity index is 0.00000218. The van der Waals surface area contributed by atoms with Crippen LogP contribution in [0.2, 0.25) is 0 Å². The first-order valence-corrected chi connectivity index (χ1v) is 10.9. The minimum absolute atomic E-state index is 0. The van der Waals surface area contributed by atoms with Gasteiger partial charge in [0.2, 0.25) is 0 Å². The Labute approximate surface area is 196 Å². The molecular formula is C23H32IN5O. The van der Waals surface area contributed by atoms with Crippen molar-refractivity contribution in [3.05, 3.63) is 35.9 Å². The lowest BCUT2D eigenvalue weighted by Gasteiger charge is -2.23. The van der Waals surface area contributed by atoms with Crippen molar-refractivity contribution in [1.82, 2.24) is 15.2 Å². The molecule has 3 aliphatic heterocycles. The van der Waals surface area contributed by atoms with E-state index in [9.17, 15) is 0 Å². The van der Waals surface area contributed by atoms with Crippen LogP contribution in [0.25, 0.3) is 10.9 Å². The molecule has 0 saturated carbocycles. The Hall–Kier alpha value is -1.61. The fourth-order valence-corrected chi connectivity index (χ4v) is 5.31. The highest BCUT2D eigenvalue weighted by molar-refractivity contribution is 14.0. The quantitative estimate of drug-likeness (QED) is 0.380. The fraction of sp³-hybridized carbons (Fsp3) is 0.565. The molecule has 7 heteroatoms. The predicted octanol–water partition coefficient (Wildman–Crippen LogP) is 3.49. The molecule has 1 aromatic heterocycles. The van der Waals surface area contributed by atoms with Crippen LogP contribution in [-0.4, -0.2) is 61.8 Å². The van der Waals surface area contributed by atoms with Crippen molar-refractivity contribution in [1.29, 1.82) is 0 Å². The number of nitrogens with one attached hydrogen (secondary N) is 1. The SMILES string of the molecule is CCNC(=NCc1cc(N(C)C)nc2ccccc12)N1CC2C3CCC(O3)C2C1.I. The van der Waals surface area contributed by atoms with Gasteiger partial charge in [-0.1, -0.05) is 18.2 Å². The molecule has 5 rings (SSSR count). The molecule has 2 bridgehead atoms. The topological polar surface area (TPSA) is 53.0 Å². The average molecular weight is 521 g/mol. The van der Waals surface area contributed by atoms with E-state index in [0.29, 0.717) is 30.6 Å². The second kappa shape index (κ2) is 8.86. The van der Waals surface area contributed by atoms with Gasteiger partial charge >= 0.3 is 0 Å². The maximum atomic E-state index is 6.14. The van der Waals surface area contributed by atoms with Crippen molar-refractivity contribution in [3.8, 4) is 0 Å². The van der Waals surface area contributed by atoms with Crippen LogP contribution < -0.4 is 10.2 Å². The first-order chi connectivity index (χ1) is 14.1. The lowest BCUT2D eigenvalue weighted by molar-refractivity contribution is 0.0767. The second-order valence-electron chi connectivity index (χ2n) is 8.74. The van der Waals surface area contributed by atoms with Gasteiger partial charge in [0.25, 0.3) is 0 Å². The number of hydrogen-bond acceptors (Lipinski definition) is 4. The first-order valence-electron chi connectivity index (χ1n) is 10.9. The number of likely N-dealkylation sites (tertiary alicyclic amines) is 1. The van der Waals surface area contributed by atoms with E-state index >= 15 is 0 Å². The smallest absolute Gasteiger partial charge is 0.194 e. The summed E-state index contributed by atoms with van der Waals surface area (Å²) in [6, 6.07) is 10.5.